The molecule has 4 rings (SSSR count). The number of hydrogen-bond acceptors (Lipinski definition) is 11. The molecule has 0 aliphatic carbocycles. The summed E-state index contributed by atoms with van der Waals surface area (Å²) in [4.78, 5) is 51.0. The fraction of sp³-hybridized carbons (Fsp3) is 0.241. The number of hydrogen-bond donors (Lipinski definition) is 1. The number of ether oxygens (including phenoxy) is 6. The van der Waals surface area contributed by atoms with Gasteiger partial charge < -0.3 is 38.2 Å². The van der Waals surface area contributed by atoms with Crippen molar-refractivity contribution in [2.45, 2.75) is 13.5 Å². The highest BCUT2D eigenvalue weighted by atomic mass is 16.6. The van der Waals surface area contributed by atoms with Crippen LogP contribution in [0.3, 0.4) is 0 Å². The van der Waals surface area contributed by atoms with Gasteiger partial charge in [-0.2, -0.15) is 0 Å². The standard InChI is InChI=1S/C29H28N2O11/c1-6-40-22-12-16(7-9-20(22)42-27(33)17-13-23(36-2)25(38-4)24(14-17)37-3)11-19-26(32)31(29(35)30-19)15-18-8-10-21(41-18)28(34)39-5/h7-14H,6,15H2,1-5H3,(H,30,35)/b19-11-. The molecule has 2 aromatic carbocycles. The summed E-state index contributed by atoms with van der Waals surface area (Å²) in [6, 6.07) is 9.77. The number of imide groups is 1. The molecule has 2 heterocycles. The van der Waals surface area contributed by atoms with E-state index >= 15 is 0 Å². The minimum Gasteiger partial charge on any atom is -0.493 e. The molecule has 1 aliphatic heterocycles. The van der Waals surface area contributed by atoms with E-state index in [0.717, 1.165) is 4.90 Å². The number of urea groups is 1. The summed E-state index contributed by atoms with van der Waals surface area (Å²) in [7, 11) is 5.53. The minimum absolute atomic E-state index is 0.00404. The summed E-state index contributed by atoms with van der Waals surface area (Å²) in [6.07, 6.45) is 1.45. The normalized spacial score (nSPS) is 13.5. The number of benzene rings is 2. The Bertz CT molecular complexity index is 1530. The van der Waals surface area contributed by atoms with Crippen LogP contribution in [0.2, 0.25) is 0 Å². The molecule has 13 nitrogen and oxygen atoms in total. The van der Waals surface area contributed by atoms with Crippen molar-refractivity contribution in [1.29, 1.82) is 0 Å². The molecule has 0 radical (unpaired) electrons. The van der Waals surface area contributed by atoms with E-state index in [2.05, 4.69) is 10.1 Å². The fourth-order valence-electron chi connectivity index (χ4n) is 4.04. The van der Waals surface area contributed by atoms with Gasteiger partial charge in [0.25, 0.3) is 5.91 Å². The maximum Gasteiger partial charge on any atom is 0.373 e. The average molecular weight is 581 g/mol. The Balaban J connectivity index is 1.54. The molecule has 3 aromatic rings. The Hall–Kier alpha value is -5.46. The summed E-state index contributed by atoms with van der Waals surface area (Å²) >= 11 is 0. The van der Waals surface area contributed by atoms with Crippen molar-refractivity contribution >= 4 is 30.0 Å². The zero-order chi connectivity index (χ0) is 30.4. The molecule has 1 N–H and O–H groups in total. The molecule has 220 valence electrons. The number of carbonyl (C=O) groups excluding carboxylic acids is 4. The lowest BCUT2D eigenvalue weighted by atomic mass is 10.1. The van der Waals surface area contributed by atoms with Crippen molar-refractivity contribution in [2.75, 3.05) is 35.0 Å². The van der Waals surface area contributed by atoms with Gasteiger partial charge in [-0.15, -0.1) is 0 Å². The van der Waals surface area contributed by atoms with Gasteiger partial charge in [-0.3, -0.25) is 9.69 Å². The van der Waals surface area contributed by atoms with Crippen molar-refractivity contribution in [3.8, 4) is 28.7 Å². The smallest absolute Gasteiger partial charge is 0.373 e. The first kappa shape index (κ1) is 29.5. The van der Waals surface area contributed by atoms with E-state index in [1.165, 1.54) is 64.8 Å². The molecule has 0 saturated carbocycles. The van der Waals surface area contributed by atoms with E-state index in [0.29, 0.717) is 11.3 Å². The third-order valence-corrected chi connectivity index (χ3v) is 6.01. The molecule has 1 aliphatic rings. The van der Waals surface area contributed by atoms with Crippen molar-refractivity contribution in [3.63, 3.8) is 0 Å². The van der Waals surface area contributed by atoms with E-state index in [4.69, 9.17) is 28.1 Å². The second-order valence-corrected chi connectivity index (χ2v) is 8.58. The van der Waals surface area contributed by atoms with Crippen LogP contribution in [0, 0.1) is 0 Å². The number of carbonyl (C=O) groups is 4. The first-order valence-corrected chi connectivity index (χ1v) is 12.5. The van der Waals surface area contributed by atoms with Gasteiger partial charge >= 0.3 is 18.0 Å². The van der Waals surface area contributed by atoms with E-state index in [9.17, 15) is 19.2 Å². The lowest BCUT2D eigenvalue weighted by molar-refractivity contribution is -0.123. The van der Waals surface area contributed by atoms with E-state index < -0.39 is 23.9 Å². The predicted octanol–water partition coefficient (Wildman–Crippen LogP) is 3.80. The van der Waals surface area contributed by atoms with Gasteiger partial charge in [-0.05, 0) is 55.0 Å². The van der Waals surface area contributed by atoms with Crippen LogP contribution in [0.4, 0.5) is 4.79 Å². The molecule has 0 atom stereocenters. The highest BCUT2D eigenvalue weighted by Gasteiger charge is 2.34. The van der Waals surface area contributed by atoms with Crippen molar-refractivity contribution < 1.29 is 52.0 Å². The van der Waals surface area contributed by atoms with E-state index in [1.54, 1.807) is 19.1 Å². The number of esters is 2. The molecule has 0 bridgehead atoms. The average Bonchev–Trinajstić information content (AvgIpc) is 3.57. The number of rotatable bonds is 11. The summed E-state index contributed by atoms with van der Waals surface area (Å²) in [5.74, 6) is -0.578. The maximum atomic E-state index is 13.0. The second kappa shape index (κ2) is 12.8. The van der Waals surface area contributed by atoms with Gasteiger partial charge in [0.2, 0.25) is 11.5 Å². The molecule has 1 aromatic heterocycles. The fourth-order valence-corrected chi connectivity index (χ4v) is 4.04. The number of methoxy groups -OCH3 is 4. The summed E-state index contributed by atoms with van der Waals surface area (Å²) in [6.45, 7) is 1.82. The maximum absolute atomic E-state index is 13.0. The predicted molar refractivity (Wildman–Crippen MR) is 146 cm³/mol. The first-order valence-electron chi connectivity index (χ1n) is 12.5. The Labute approximate surface area is 240 Å². The number of furan rings is 1. The van der Waals surface area contributed by atoms with Crippen LogP contribution in [-0.2, 0) is 16.1 Å². The van der Waals surface area contributed by atoms with Crippen LogP contribution >= 0.6 is 0 Å². The van der Waals surface area contributed by atoms with Crippen LogP contribution in [0.1, 0.15) is 39.2 Å². The van der Waals surface area contributed by atoms with Crippen LogP contribution < -0.4 is 29.0 Å². The van der Waals surface area contributed by atoms with E-state index in [1.807, 2.05) is 0 Å². The van der Waals surface area contributed by atoms with Crippen molar-refractivity contribution in [2.24, 2.45) is 0 Å². The van der Waals surface area contributed by atoms with Gasteiger partial charge in [0.1, 0.15) is 11.5 Å². The Morgan fingerprint density at radius 2 is 1.60 bits per heavy atom. The van der Waals surface area contributed by atoms with Crippen molar-refractivity contribution in [3.05, 3.63) is 70.8 Å². The molecular formula is C29H28N2O11. The van der Waals surface area contributed by atoms with Crippen LogP contribution in [0.15, 0.2) is 52.6 Å². The third-order valence-electron chi connectivity index (χ3n) is 6.01. The van der Waals surface area contributed by atoms with Crippen LogP contribution in [0.5, 0.6) is 28.7 Å². The minimum atomic E-state index is -0.705. The SMILES string of the molecule is CCOc1cc(/C=C2\NC(=O)N(Cc3ccc(C(=O)OC)o3)C2=O)ccc1OC(=O)c1cc(OC)c(OC)c(OC)c1. The lowest BCUT2D eigenvalue weighted by Gasteiger charge is -2.15. The zero-order valence-corrected chi connectivity index (χ0v) is 23.5. The highest BCUT2D eigenvalue weighted by Crippen LogP contribution is 2.39. The lowest BCUT2D eigenvalue weighted by Crippen LogP contribution is -2.30. The van der Waals surface area contributed by atoms with Crippen LogP contribution in [0.25, 0.3) is 6.08 Å². The number of amides is 3. The van der Waals surface area contributed by atoms with E-state index in [-0.39, 0.29) is 58.9 Å². The largest absolute Gasteiger partial charge is 0.493 e. The molecule has 1 fully saturated rings. The summed E-state index contributed by atoms with van der Waals surface area (Å²) in [5.41, 5.74) is 0.639. The molecule has 3 amide bonds. The number of nitrogens with one attached hydrogen (secondary N) is 1. The van der Waals surface area contributed by atoms with Gasteiger partial charge in [-0.25, -0.2) is 14.4 Å². The van der Waals surface area contributed by atoms with Crippen LogP contribution in [-0.4, -0.2) is 63.8 Å². The molecule has 42 heavy (non-hydrogen) atoms. The van der Waals surface area contributed by atoms with Crippen molar-refractivity contribution in [1.82, 2.24) is 10.2 Å². The third kappa shape index (κ3) is 6.14. The zero-order valence-electron chi connectivity index (χ0n) is 23.5. The van der Waals surface area contributed by atoms with Gasteiger partial charge in [0, 0.05) is 0 Å². The van der Waals surface area contributed by atoms with Gasteiger partial charge in [-0.1, -0.05) is 6.07 Å². The second-order valence-electron chi connectivity index (χ2n) is 8.58. The monoisotopic (exact) mass is 580 g/mol. The quantitative estimate of drug-likeness (QED) is 0.153. The molecule has 1 saturated heterocycles. The molecular weight excluding hydrogens is 552 g/mol. The first-order chi connectivity index (χ1) is 20.2. The Morgan fingerprint density at radius 1 is 0.881 bits per heavy atom. The summed E-state index contributed by atoms with van der Waals surface area (Å²) in [5, 5.41) is 2.52. The summed E-state index contributed by atoms with van der Waals surface area (Å²) < 4.78 is 37.1. The Morgan fingerprint density at radius 3 is 2.21 bits per heavy atom. The molecule has 0 unspecified atom stereocenters. The molecule has 0 spiro atoms. The number of nitrogens with zero attached hydrogens (tertiary/aromatic N) is 1. The molecule has 13 heteroatoms. The van der Waals surface area contributed by atoms with Gasteiger partial charge in [0.05, 0.1) is 47.2 Å². The topological polar surface area (TPSA) is 152 Å². The highest BCUT2D eigenvalue weighted by molar-refractivity contribution is 6.13. The van der Waals surface area contributed by atoms with Gasteiger partial charge in [0.15, 0.2) is 23.0 Å². The Kier molecular flexibility index (Phi) is 9.00.